The molecule has 14 heavy (non-hydrogen) atoms. The zero-order valence-electron chi connectivity index (χ0n) is 7.69. The summed E-state index contributed by atoms with van der Waals surface area (Å²) in [6, 6.07) is 5.98. The number of carboxylic acid groups (broad SMARTS) is 1. The Bertz CT molecular complexity index is 348. The van der Waals surface area contributed by atoms with Gasteiger partial charge in [0.05, 0.1) is 0 Å². The summed E-state index contributed by atoms with van der Waals surface area (Å²) in [5.74, 6) is -1.58. The number of esters is 1. The summed E-state index contributed by atoms with van der Waals surface area (Å²) in [4.78, 5) is 21.2. The Morgan fingerprint density at radius 3 is 2.36 bits per heavy atom. The maximum atomic E-state index is 10.6. The summed E-state index contributed by atoms with van der Waals surface area (Å²) in [5, 5.41) is 8.69. The van der Waals surface area contributed by atoms with E-state index < -0.39 is 11.9 Å². The van der Waals surface area contributed by atoms with Gasteiger partial charge in [-0.2, -0.15) is 0 Å². The summed E-state index contributed by atoms with van der Waals surface area (Å²) >= 11 is 0. The van der Waals surface area contributed by atoms with E-state index >= 15 is 0 Å². The normalized spacial score (nSPS) is 8.64. The van der Waals surface area contributed by atoms with Crippen LogP contribution in [0.3, 0.4) is 0 Å². The predicted octanol–water partition coefficient (Wildman–Crippen LogP) is 1.31. The topological polar surface area (TPSA) is 63.6 Å². The second kappa shape index (κ2) is 5.50. The van der Waals surface area contributed by atoms with Crippen molar-refractivity contribution in [1.29, 1.82) is 0 Å². The maximum Gasteiger partial charge on any atom is 0.339 e. The van der Waals surface area contributed by atoms with Crippen LogP contribution in [-0.2, 0) is 24.3 Å². The Morgan fingerprint density at radius 1 is 1.29 bits per heavy atom. The average Bonchev–Trinajstić information content (AvgIpc) is 2.03. The molecule has 1 N–H and O–H groups in total. The largest absolute Gasteiger partial charge is 0.478 e. The summed E-state index contributed by atoms with van der Waals surface area (Å²) in [6.45, 7) is 1.22. The maximum absolute atomic E-state index is 10.6. The minimum Gasteiger partial charge on any atom is -0.478 e. The molecule has 0 radical (unpaired) electrons. The van der Waals surface area contributed by atoms with E-state index in [1.54, 1.807) is 12.1 Å². The Morgan fingerprint density at radius 2 is 1.86 bits per heavy atom. The van der Waals surface area contributed by atoms with Gasteiger partial charge in [0.1, 0.15) is 11.3 Å². The zero-order chi connectivity index (χ0) is 9.84. The van der Waals surface area contributed by atoms with Crippen molar-refractivity contribution in [3.8, 4) is 5.75 Å². The van der Waals surface area contributed by atoms with Crippen LogP contribution in [0, 0.1) is 0 Å². The van der Waals surface area contributed by atoms with Gasteiger partial charge >= 0.3 is 11.9 Å². The molecule has 5 heteroatoms. The third-order valence-corrected chi connectivity index (χ3v) is 1.37. The van der Waals surface area contributed by atoms with Crippen LogP contribution in [0.15, 0.2) is 24.3 Å². The summed E-state index contributed by atoms with van der Waals surface area (Å²) in [5.41, 5.74) is -0.0160. The molecule has 0 atom stereocenters. The summed E-state index contributed by atoms with van der Waals surface area (Å²) in [6.07, 6.45) is 0. The van der Waals surface area contributed by atoms with Gasteiger partial charge in [-0.05, 0) is 12.1 Å². The average molecular weight is 246 g/mol. The Hall–Kier alpha value is -1.22. The van der Waals surface area contributed by atoms with Crippen LogP contribution >= 0.6 is 0 Å². The van der Waals surface area contributed by atoms with E-state index in [4.69, 9.17) is 5.11 Å². The fourth-order valence-corrected chi connectivity index (χ4v) is 0.887. The van der Waals surface area contributed by atoms with Crippen LogP contribution in [0.5, 0.6) is 5.75 Å². The number of carbonyl (C=O) groups is 2. The van der Waals surface area contributed by atoms with Gasteiger partial charge in [0.2, 0.25) is 0 Å². The molecule has 0 aliphatic carbocycles. The van der Waals surface area contributed by atoms with Gasteiger partial charge in [0, 0.05) is 26.4 Å². The van der Waals surface area contributed by atoms with Gasteiger partial charge < -0.3 is 9.84 Å². The van der Waals surface area contributed by atoms with Crippen molar-refractivity contribution < 1.29 is 38.9 Å². The quantitative estimate of drug-likeness (QED) is 0.485. The first-order valence-electron chi connectivity index (χ1n) is 3.62. The summed E-state index contributed by atoms with van der Waals surface area (Å²) < 4.78 is 4.69. The minimum atomic E-state index is -1.11. The SMILES string of the molecule is CC(=O)Oc1ccccc1C(=O)O.[Zn]. The van der Waals surface area contributed by atoms with E-state index in [9.17, 15) is 9.59 Å². The number of hydrogen-bond acceptors (Lipinski definition) is 3. The molecule has 1 aromatic rings. The second-order valence-corrected chi connectivity index (χ2v) is 2.39. The number of carboxylic acids is 1. The predicted molar refractivity (Wildman–Crippen MR) is 44.7 cm³/mol. The third-order valence-electron chi connectivity index (χ3n) is 1.37. The van der Waals surface area contributed by atoms with Crippen molar-refractivity contribution in [1.82, 2.24) is 0 Å². The number of hydrogen-bond donors (Lipinski definition) is 1. The molecule has 4 nitrogen and oxygen atoms in total. The molecule has 1 rings (SSSR count). The first kappa shape index (κ1) is 12.8. The van der Waals surface area contributed by atoms with Gasteiger partial charge in [0.25, 0.3) is 0 Å². The molecule has 0 heterocycles. The minimum absolute atomic E-state index is 0. The third kappa shape index (κ3) is 3.26. The van der Waals surface area contributed by atoms with Crippen LogP contribution in [0.4, 0.5) is 0 Å². The molecule has 0 saturated heterocycles. The molecular formula is C9H8O4Zn. The van der Waals surface area contributed by atoms with Crippen molar-refractivity contribution in [2.24, 2.45) is 0 Å². The van der Waals surface area contributed by atoms with Gasteiger partial charge in [-0.15, -0.1) is 0 Å². The molecule has 0 bridgehead atoms. The standard InChI is InChI=1S/C9H8O4.Zn/c1-6(10)13-8-5-3-2-4-7(8)9(11)12;/h2-5H,1H3,(H,11,12);. The first-order valence-corrected chi connectivity index (χ1v) is 3.62. The van der Waals surface area contributed by atoms with E-state index in [-0.39, 0.29) is 30.8 Å². The number of para-hydroxylation sites is 1. The zero-order valence-corrected chi connectivity index (χ0v) is 10.7. The molecule has 0 aromatic heterocycles. The van der Waals surface area contributed by atoms with Crippen LogP contribution in [-0.4, -0.2) is 17.0 Å². The van der Waals surface area contributed by atoms with Crippen LogP contribution < -0.4 is 4.74 Å². The van der Waals surface area contributed by atoms with E-state index in [0.717, 1.165) is 0 Å². The van der Waals surface area contributed by atoms with Gasteiger partial charge in [0.15, 0.2) is 0 Å². The molecule has 0 aliphatic heterocycles. The molecule has 0 aliphatic rings. The first-order chi connectivity index (χ1) is 6.11. The molecule has 1 aromatic carbocycles. The fraction of sp³-hybridized carbons (Fsp3) is 0.111. The molecule has 0 spiro atoms. The van der Waals surface area contributed by atoms with Crippen molar-refractivity contribution >= 4 is 11.9 Å². The number of carbonyl (C=O) groups excluding carboxylic acids is 1. The Kier molecular flexibility index (Phi) is 5.02. The number of benzene rings is 1. The van der Waals surface area contributed by atoms with Crippen LogP contribution in [0.1, 0.15) is 17.3 Å². The van der Waals surface area contributed by atoms with Crippen LogP contribution in [0.2, 0.25) is 0 Å². The monoisotopic (exact) mass is 244 g/mol. The van der Waals surface area contributed by atoms with Crippen molar-refractivity contribution in [2.45, 2.75) is 6.92 Å². The number of ether oxygens (including phenoxy) is 1. The van der Waals surface area contributed by atoms with Gasteiger partial charge in [-0.3, -0.25) is 4.79 Å². The van der Waals surface area contributed by atoms with Crippen molar-refractivity contribution in [3.05, 3.63) is 29.8 Å². The van der Waals surface area contributed by atoms with E-state index in [2.05, 4.69) is 4.74 Å². The number of rotatable bonds is 2. The fourth-order valence-electron chi connectivity index (χ4n) is 0.887. The Balaban J connectivity index is 0.00000169. The second-order valence-electron chi connectivity index (χ2n) is 2.39. The molecular weight excluding hydrogens is 237 g/mol. The smallest absolute Gasteiger partial charge is 0.339 e. The van der Waals surface area contributed by atoms with E-state index in [1.807, 2.05) is 0 Å². The van der Waals surface area contributed by atoms with Crippen molar-refractivity contribution in [2.75, 3.05) is 0 Å². The molecule has 70 valence electrons. The van der Waals surface area contributed by atoms with Crippen LogP contribution in [0.25, 0.3) is 0 Å². The van der Waals surface area contributed by atoms with Gasteiger partial charge in [-0.1, -0.05) is 12.1 Å². The summed E-state index contributed by atoms with van der Waals surface area (Å²) in [7, 11) is 0. The molecule has 0 saturated carbocycles. The molecule has 0 amide bonds. The Labute approximate surface area is 93.6 Å². The molecule has 0 unspecified atom stereocenters. The van der Waals surface area contributed by atoms with E-state index in [1.165, 1.54) is 19.1 Å². The molecule has 0 fully saturated rings. The van der Waals surface area contributed by atoms with Gasteiger partial charge in [-0.25, -0.2) is 4.79 Å². The van der Waals surface area contributed by atoms with Crippen molar-refractivity contribution in [3.63, 3.8) is 0 Å². The number of aromatic carboxylic acids is 1. The van der Waals surface area contributed by atoms with E-state index in [0.29, 0.717) is 0 Å².